The molecular formula is C12H18N2O2S. The zero-order valence-corrected chi connectivity index (χ0v) is 11.3. The standard InChI is InChI=1S/C12H18N2O2S/c1-7(2)9-10(11(15)16)17-12(13-9)14(3)8-5-4-6-8/h7-8H,4-6H2,1-3H3,(H,15,16). The quantitative estimate of drug-likeness (QED) is 0.897. The molecule has 1 aliphatic carbocycles. The van der Waals surface area contributed by atoms with Gasteiger partial charge >= 0.3 is 5.97 Å². The summed E-state index contributed by atoms with van der Waals surface area (Å²) in [4.78, 5) is 18.2. The third kappa shape index (κ3) is 2.29. The van der Waals surface area contributed by atoms with Gasteiger partial charge in [-0.3, -0.25) is 0 Å². The molecule has 0 unspecified atom stereocenters. The Morgan fingerprint density at radius 1 is 1.53 bits per heavy atom. The summed E-state index contributed by atoms with van der Waals surface area (Å²) in [7, 11) is 2.01. The van der Waals surface area contributed by atoms with E-state index in [0.29, 0.717) is 16.6 Å². The summed E-state index contributed by atoms with van der Waals surface area (Å²) in [6, 6.07) is 0.544. The van der Waals surface area contributed by atoms with Gasteiger partial charge in [0, 0.05) is 13.1 Å². The highest BCUT2D eigenvalue weighted by Crippen LogP contribution is 2.34. The van der Waals surface area contributed by atoms with E-state index in [4.69, 9.17) is 0 Å². The molecular weight excluding hydrogens is 236 g/mol. The van der Waals surface area contributed by atoms with Gasteiger partial charge in [-0.2, -0.15) is 0 Å². The number of thiazole rings is 1. The van der Waals surface area contributed by atoms with Crippen LogP contribution in [-0.4, -0.2) is 29.1 Å². The molecule has 1 aliphatic rings. The van der Waals surface area contributed by atoms with Crippen LogP contribution in [0.15, 0.2) is 0 Å². The van der Waals surface area contributed by atoms with E-state index in [9.17, 15) is 9.90 Å². The third-order valence-corrected chi connectivity index (χ3v) is 4.46. The van der Waals surface area contributed by atoms with E-state index < -0.39 is 5.97 Å². The van der Waals surface area contributed by atoms with Gasteiger partial charge in [0.25, 0.3) is 0 Å². The van der Waals surface area contributed by atoms with Gasteiger partial charge in [0.15, 0.2) is 5.13 Å². The van der Waals surface area contributed by atoms with Crippen molar-refractivity contribution in [2.24, 2.45) is 0 Å². The molecule has 0 bridgehead atoms. The molecule has 1 heterocycles. The molecule has 0 amide bonds. The summed E-state index contributed by atoms with van der Waals surface area (Å²) in [5, 5.41) is 10.0. The summed E-state index contributed by atoms with van der Waals surface area (Å²) >= 11 is 1.30. The van der Waals surface area contributed by atoms with Gasteiger partial charge in [0.2, 0.25) is 0 Å². The predicted octanol–water partition coefficient (Wildman–Crippen LogP) is 2.95. The molecule has 0 aromatic carbocycles. The van der Waals surface area contributed by atoms with Gasteiger partial charge < -0.3 is 10.0 Å². The molecule has 1 N–H and O–H groups in total. The van der Waals surface area contributed by atoms with Gasteiger partial charge in [-0.25, -0.2) is 9.78 Å². The van der Waals surface area contributed by atoms with Crippen LogP contribution in [0.2, 0.25) is 0 Å². The van der Waals surface area contributed by atoms with Crippen molar-refractivity contribution in [2.75, 3.05) is 11.9 Å². The summed E-state index contributed by atoms with van der Waals surface area (Å²) in [6.45, 7) is 3.96. The molecule has 1 fully saturated rings. The molecule has 1 aromatic rings. The van der Waals surface area contributed by atoms with E-state index in [1.807, 2.05) is 20.9 Å². The van der Waals surface area contributed by atoms with Crippen LogP contribution >= 0.6 is 11.3 Å². The minimum Gasteiger partial charge on any atom is -0.477 e. The lowest BCUT2D eigenvalue weighted by Gasteiger charge is -2.34. The highest BCUT2D eigenvalue weighted by Gasteiger charge is 2.27. The number of anilines is 1. The first-order valence-corrected chi connectivity index (χ1v) is 6.79. The van der Waals surface area contributed by atoms with E-state index >= 15 is 0 Å². The van der Waals surface area contributed by atoms with E-state index in [1.54, 1.807) is 0 Å². The predicted molar refractivity (Wildman–Crippen MR) is 69.2 cm³/mol. The van der Waals surface area contributed by atoms with Crippen LogP contribution in [0.5, 0.6) is 0 Å². The van der Waals surface area contributed by atoms with Crippen LogP contribution < -0.4 is 4.90 Å². The SMILES string of the molecule is CC(C)c1nc(N(C)C2CCC2)sc1C(=O)O. The number of aromatic carboxylic acids is 1. The van der Waals surface area contributed by atoms with Crippen LogP contribution in [0.1, 0.15) is 54.4 Å². The molecule has 2 rings (SSSR count). The second-order valence-electron chi connectivity index (χ2n) is 4.87. The maximum Gasteiger partial charge on any atom is 0.347 e. The maximum absolute atomic E-state index is 11.2. The largest absolute Gasteiger partial charge is 0.477 e. The number of carbonyl (C=O) groups is 1. The first-order valence-electron chi connectivity index (χ1n) is 5.97. The summed E-state index contributed by atoms with van der Waals surface area (Å²) in [5.74, 6) is -0.708. The highest BCUT2D eigenvalue weighted by molar-refractivity contribution is 7.17. The smallest absolute Gasteiger partial charge is 0.347 e. The molecule has 0 radical (unpaired) electrons. The molecule has 0 saturated heterocycles. The number of hydrogen-bond acceptors (Lipinski definition) is 4. The second kappa shape index (κ2) is 4.64. The normalized spacial score (nSPS) is 16.0. The minimum absolute atomic E-state index is 0.154. The molecule has 4 nitrogen and oxygen atoms in total. The number of hydrogen-bond donors (Lipinski definition) is 1. The Labute approximate surface area is 105 Å². The summed E-state index contributed by atoms with van der Waals surface area (Å²) in [5.41, 5.74) is 0.712. The summed E-state index contributed by atoms with van der Waals surface area (Å²) in [6.07, 6.45) is 3.65. The van der Waals surface area contributed by atoms with E-state index in [-0.39, 0.29) is 5.92 Å². The monoisotopic (exact) mass is 254 g/mol. The Hall–Kier alpha value is -1.10. The van der Waals surface area contributed by atoms with Gasteiger partial charge in [-0.05, 0) is 25.2 Å². The van der Waals surface area contributed by atoms with E-state index in [1.165, 1.54) is 30.6 Å². The third-order valence-electron chi connectivity index (χ3n) is 3.31. The Morgan fingerprint density at radius 2 is 2.18 bits per heavy atom. The number of nitrogens with zero attached hydrogens (tertiary/aromatic N) is 2. The van der Waals surface area contributed by atoms with E-state index in [2.05, 4.69) is 9.88 Å². The fourth-order valence-corrected chi connectivity index (χ4v) is 3.04. The zero-order valence-electron chi connectivity index (χ0n) is 10.4. The van der Waals surface area contributed by atoms with Crippen molar-refractivity contribution in [3.05, 3.63) is 10.6 Å². The molecule has 0 atom stereocenters. The molecule has 5 heteroatoms. The first-order chi connectivity index (χ1) is 8.00. The van der Waals surface area contributed by atoms with E-state index in [0.717, 1.165) is 5.13 Å². The van der Waals surface area contributed by atoms with Gasteiger partial charge in [0.1, 0.15) is 4.88 Å². The molecule has 1 saturated carbocycles. The average molecular weight is 254 g/mol. The first kappa shape index (κ1) is 12.4. The average Bonchev–Trinajstić information content (AvgIpc) is 2.58. The number of carboxylic acids is 1. The van der Waals surface area contributed by atoms with Crippen molar-refractivity contribution in [3.63, 3.8) is 0 Å². The number of rotatable bonds is 4. The summed E-state index contributed by atoms with van der Waals surface area (Å²) < 4.78 is 0. The van der Waals surface area contributed by atoms with Gasteiger partial charge in [-0.15, -0.1) is 0 Å². The zero-order chi connectivity index (χ0) is 12.6. The molecule has 0 spiro atoms. The topological polar surface area (TPSA) is 53.4 Å². The lowest BCUT2D eigenvalue weighted by Crippen LogP contribution is -2.37. The number of carboxylic acid groups (broad SMARTS) is 1. The van der Waals surface area contributed by atoms with Crippen LogP contribution in [0.4, 0.5) is 5.13 Å². The fourth-order valence-electron chi connectivity index (χ4n) is 1.95. The lowest BCUT2D eigenvalue weighted by atomic mass is 9.92. The second-order valence-corrected chi connectivity index (χ2v) is 5.84. The Morgan fingerprint density at radius 3 is 2.53 bits per heavy atom. The fraction of sp³-hybridized carbons (Fsp3) is 0.667. The Balaban J connectivity index is 2.29. The molecule has 1 aromatic heterocycles. The minimum atomic E-state index is -0.862. The lowest BCUT2D eigenvalue weighted by molar-refractivity contribution is 0.0700. The Kier molecular flexibility index (Phi) is 3.38. The Bertz CT molecular complexity index is 424. The maximum atomic E-state index is 11.2. The van der Waals surface area contributed by atoms with Crippen molar-refractivity contribution in [2.45, 2.75) is 45.1 Å². The number of aromatic nitrogens is 1. The molecule has 17 heavy (non-hydrogen) atoms. The van der Waals surface area contributed by atoms with Gasteiger partial charge in [0.05, 0.1) is 5.69 Å². The van der Waals surface area contributed by atoms with Crippen molar-refractivity contribution in [3.8, 4) is 0 Å². The van der Waals surface area contributed by atoms with Crippen molar-refractivity contribution in [1.29, 1.82) is 0 Å². The van der Waals surface area contributed by atoms with Crippen molar-refractivity contribution < 1.29 is 9.90 Å². The van der Waals surface area contributed by atoms with Crippen LogP contribution in [-0.2, 0) is 0 Å². The molecule has 94 valence electrons. The van der Waals surface area contributed by atoms with Crippen molar-refractivity contribution >= 4 is 22.4 Å². The van der Waals surface area contributed by atoms with Crippen molar-refractivity contribution in [1.82, 2.24) is 4.98 Å². The highest BCUT2D eigenvalue weighted by atomic mass is 32.1. The van der Waals surface area contributed by atoms with Crippen LogP contribution in [0.25, 0.3) is 0 Å². The van der Waals surface area contributed by atoms with Gasteiger partial charge in [-0.1, -0.05) is 25.2 Å². The van der Waals surface area contributed by atoms with Crippen LogP contribution in [0.3, 0.4) is 0 Å². The molecule has 0 aliphatic heterocycles. The van der Waals surface area contributed by atoms with Crippen LogP contribution in [0, 0.1) is 0 Å².